The van der Waals surface area contributed by atoms with Crippen molar-refractivity contribution in [3.05, 3.63) is 0 Å². The van der Waals surface area contributed by atoms with Crippen molar-refractivity contribution in [1.82, 2.24) is 10.0 Å². The zero-order valence-electron chi connectivity index (χ0n) is 9.44. The van der Waals surface area contributed by atoms with Gasteiger partial charge < -0.3 is 5.32 Å². The van der Waals surface area contributed by atoms with Crippen molar-refractivity contribution >= 4 is 21.8 Å². The molecule has 0 aromatic carbocycles. The van der Waals surface area contributed by atoms with Crippen LogP contribution < -0.4 is 10.0 Å². The van der Waals surface area contributed by atoms with Crippen molar-refractivity contribution in [2.45, 2.75) is 37.8 Å². The Bertz CT molecular complexity index is 309. The van der Waals surface area contributed by atoms with E-state index in [1.165, 1.54) is 12.8 Å². The van der Waals surface area contributed by atoms with Gasteiger partial charge in [-0.2, -0.15) is 11.8 Å². The first-order valence-corrected chi connectivity index (χ1v) is 8.77. The molecule has 16 heavy (non-hydrogen) atoms. The molecule has 6 heteroatoms. The van der Waals surface area contributed by atoms with Gasteiger partial charge in [-0.15, -0.1) is 0 Å². The maximum atomic E-state index is 11.7. The summed E-state index contributed by atoms with van der Waals surface area (Å²) in [5.41, 5.74) is 0. The molecule has 2 N–H and O–H groups in total. The minimum absolute atomic E-state index is 0.173. The highest BCUT2D eigenvalue weighted by Gasteiger charge is 2.23. The molecule has 0 aromatic heterocycles. The summed E-state index contributed by atoms with van der Waals surface area (Å²) >= 11 is 1.91. The normalized spacial score (nSPS) is 23.5. The lowest BCUT2D eigenvalue weighted by Gasteiger charge is -2.22. The summed E-state index contributed by atoms with van der Waals surface area (Å²) in [7, 11) is -3.07. The summed E-state index contributed by atoms with van der Waals surface area (Å²) in [6.07, 6.45) is 4.35. The molecular weight excluding hydrogens is 244 g/mol. The fourth-order valence-corrected chi connectivity index (χ4v) is 4.17. The van der Waals surface area contributed by atoms with Crippen LogP contribution in [0.2, 0.25) is 0 Å². The van der Waals surface area contributed by atoms with E-state index in [0.717, 1.165) is 24.3 Å². The monoisotopic (exact) mass is 264 g/mol. The average Bonchev–Trinajstić information content (AvgIpc) is 3.02. The number of sulfonamides is 1. The fourth-order valence-electron chi connectivity index (χ4n) is 1.81. The van der Waals surface area contributed by atoms with E-state index in [2.05, 4.69) is 10.0 Å². The summed E-state index contributed by atoms with van der Waals surface area (Å²) in [6, 6.07) is 0.758. The largest absolute Gasteiger partial charge is 0.313 e. The minimum atomic E-state index is -3.07. The van der Waals surface area contributed by atoms with Gasteiger partial charge in [0.25, 0.3) is 0 Å². The Labute approximate surface area is 102 Å². The van der Waals surface area contributed by atoms with E-state index in [1.54, 1.807) is 0 Å². The number of hydrogen-bond acceptors (Lipinski definition) is 4. The first kappa shape index (κ1) is 12.7. The molecule has 1 saturated carbocycles. The molecule has 2 fully saturated rings. The summed E-state index contributed by atoms with van der Waals surface area (Å²) < 4.78 is 26.3. The van der Waals surface area contributed by atoms with Gasteiger partial charge in [0.1, 0.15) is 0 Å². The van der Waals surface area contributed by atoms with E-state index in [4.69, 9.17) is 0 Å². The first-order valence-electron chi connectivity index (χ1n) is 5.97. The third-order valence-electron chi connectivity index (χ3n) is 2.95. The fraction of sp³-hybridized carbons (Fsp3) is 1.00. The van der Waals surface area contributed by atoms with Crippen molar-refractivity contribution in [3.8, 4) is 0 Å². The lowest BCUT2D eigenvalue weighted by molar-refractivity contribution is 0.526. The predicted molar refractivity (Wildman–Crippen MR) is 68.3 cm³/mol. The molecule has 2 aliphatic rings. The molecule has 0 unspecified atom stereocenters. The smallest absolute Gasteiger partial charge is 0.213 e. The SMILES string of the molecule is O=S(=O)(CCNC1CC1)NC1CCSCC1. The van der Waals surface area contributed by atoms with Crippen molar-refractivity contribution < 1.29 is 8.42 Å². The van der Waals surface area contributed by atoms with Crippen LogP contribution >= 0.6 is 11.8 Å². The topological polar surface area (TPSA) is 58.2 Å². The van der Waals surface area contributed by atoms with Gasteiger partial charge in [-0.1, -0.05) is 0 Å². The van der Waals surface area contributed by atoms with Gasteiger partial charge in [-0.3, -0.25) is 0 Å². The highest BCUT2D eigenvalue weighted by Crippen LogP contribution is 2.19. The molecule has 1 saturated heterocycles. The molecule has 94 valence electrons. The van der Waals surface area contributed by atoms with Gasteiger partial charge in [0.15, 0.2) is 0 Å². The van der Waals surface area contributed by atoms with Crippen molar-refractivity contribution in [1.29, 1.82) is 0 Å². The van der Waals surface area contributed by atoms with E-state index < -0.39 is 10.0 Å². The second-order valence-corrected chi connectivity index (χ2v) is 7.65. The van der Waals surface area contributed by atoms with Gasteiger partial charge in [0.2, 0.25) is 10.0 Å². The molecule has 0 aromatic rings. The Balaban J connectivity index is 1.68. The van der Waals surface area contributed by atoms with E-state index in [0.29, 0.717) is 12.6 Å². The van der Waals surface area contributed by atoms with Crippen LogP contribution in [0.25, 0.3) is 0 Å². The molecule has 1 aliphatic heterocycles. The van der Waals surface area contributed by atoms with Gasteiger partial charge in [-0.05, 0) is 37.2 Å². The standard InChI is InChI=1S/C10H20N2O2S2/c13-16(14,8-5-11-9-1-2-9)12-10-3-6-15-7-4-10/h9-12H,1-8H2. The van der Waals surface area contributed by atoms with Crippen molar-refractivity contribution in [3.63, 3.8) is 0 Å². The first-order chi connectivity index (χ1) is 7.66. The van der Waals surface area contributed by atoms with Gasteiger partial charge in [0, 0.05) is 18.6 Å². The molecule has 0 atom stereocenters. The quantitative estimate of drug-likeness (QED) is 0.736. The number of rotatable bonds is 6. The van der Waals surface area contributed by atoms with Crippen molar-refractivity contribution in [2.75, 3.05) is 23.8 Å². The van der Waals surface area contributed by atoms with Gasteiger partial charge in [0.05, 0.1) is 5.75 Å². The zero-order valence-corrected chi connectivity index (χ0v) is 11.1. The molecular formula is C10H20N2O2S2. The van der Waals surface area contributed by atoms with Crippen LogP contribution in [0.15, 0.2) is 0 Å². The summed E-state index contributed by atoms with van der Waals surface area (Å²) in [5, 5.41) is 3.23. The maximum Gasteiger partial charge on any atom is 0.213 e. The van der Waals surface area contributed by atoms with Gasteiger partial charge >= 0.3 is 0 Å². The summed E-state index contributed by atoms with van der Waals surface area (Å²) in [4.78, 5) is 0. The van der Waals surface area contributed by atoms with Crippen LogP contribution in [0.4, 0.5) is 0 Å². The van der Waals surface area contributed by atoms with E-state index >= 15 is 0 Å². The Morgan fingerprint density at radius 3 is 2.38 bits per heavy atom. The minimum Gasteiger partial charge on any atom is -0.313 e. The lowest BCUT2D eigenvalue weighted by atomic mass is 10.2. The second-order valence-electron chi connectivity index (χ2n) is 4.55. The molecule has 0 spiro atoms. The van der Waals surface area contributed by atoms with Crippen LogP contribution in [0.3, 0.4) is 0 Å². The van der Waals surface area contributed by atoms with E-state index in [9.17, 15) is 8.42 Å². The van der Waals surface area contributed by atoms with E-state index in [-0.39, 0.29) is 11.8 Å². The Hall–Kier alpha value is 0.220. The lowest BCUT2D eigenvalue weighted by Crippen LogP contribution is -2.40. The average molecular weight is 264 g/mol. The third kappa shape index (κ3) is 4.61. The Morgan fingerprint density at radius 2 is 1.75 bits per heavy atom. The van der Waals surface area contributed by atoms with E-state index in [1.807, 2.05) is 11.8 Å². The highest BCUT2D eigenvalue weighted by atomic mass is 32.2. The Morgan fingerprint density at radius 1 is 1.06 bits per heavy atom. The summed E-state index contributed by atoms with van der Waals surface area (Å²) in [6.45, 7) is 0.585. The number of thioether (sulfide) groups is 1. The van der Waals surface area contributed by atoms with Crippen LogP contribution in [-0.4, -0.2) is 44.3 Å². The number of hydrogen-bond donors (Lipinski definition) is 2. The van der Waals surface area contributed by atoms with Crippen LogP contribution in [-0.2, 0) is 10.0 Å². The molecule has 0 bridgehead atoms. The highest BCUT2D eigenvalue weighted by molar-refractivity contribution is 7.99. The number of nitrogens with one attached hydrogen (secondary N) is 2. The molecule has 0 amide bonds. The molecule has 1 aliphatic carbocycles. The summed E-state index contributed by atoms with van der Waals surface area (Å²) in [5.74, 6) is 2.37. The van der Waals surface area contributed by atoms with Gasteiger partial charge in [-0.25, -0.2) is 13.1 Å². The molecule has 2 rings (SSSR count). The van der Waals surface area contributed by atoms with Crippen LogP contribution in [0.5, 0.6) is 0 Å². The third-order valence-corrected chi connectivity index (χ3v) is 5.43. The predicted octanol–water partition coefficient (Wildman–Crippen LogP) is 0.553. The molecule has 1 heterocycles. The van der Waals surface area contributed by atoms with Crippen LogP contribution in [0, 0.1) is 0 Å². The second kappa shape index (κ2) is 5.71. The van der Waals surface area contributed by atoms with Crippen molar-refractivity contribution in [2.24, 2.45) is 0 Å². The Kier molecular flexibility index (Phi) is 4.52. The zero-order chi connectivity index (χ0) is 11.4. The molecule has 0 radical (unpaired) electrons. The van der Waals surface area contributed by atoms with Crippen LogP contribution in [0.1, 0.15) is 25.7 Å². The maximum absolute atomic E-state index is 11.7. The molecule has 4 nitrogen and oxygen atoms in total.